The maximum Gasteiger partial charge on any atom is 0.124 e. The van der Waals surface area contributed by atoms with E-state index >= 15 is 0 Å². The number of aromatic hydroxyl groups is 2. The van der Waals surface area contributed by atoms with Crippen LogP contribution >= 0.6 is 0 Å². The Bertz CT molecular complexity index is 846. The van der Waals surface area contributed by atoms with Crippen LogP contribution in [0.25, 0.3) is 0 Å². The average molecular weight is 435 g/mol. The van der Waals surface area contributed by atoms with E-state index in [2.05, 4.69) is 26.0 Å². The Hall–Kier alpha value is -2.62. The molecule has 0 aliphatic heterocycles. The van der Waals surface area contributed by atoms with Crippen LogP contribution in [-0.4, -0.2) is 34.7 Å². The highest BCUT2D eigenvalue weighted by Crippen LogP contribution is 2.26. The molecule has 2 atom stereocenters. The summed E-state index contributed by atoms with van der Waals surface area (Å²) >= 11 is 0. The number of hydrogen-bond donors (Lipinski definition) is 2. The third kappa shape index (κ3) is 7.22. The van der Waals surface area contributed by atoms with Gasteiger partial charge in [-0.3, -0.25) is 9.98 Å². The molecule has 1 aliphatic carbocycles. The second kappa shape index (κ2) is 12.4. The molecule has 0 amide bonds. The Kier molecular flexibility index (Phi) is 9.33. The zero-order valence-electron chi connectivity index (χ0n) is 19.6. The number of benzene rings is 2. The summed E-state index contributed by atoms with van der Waals surface area (Å²) in [6.45, 7) is 4.38. The molecular weight excluding hydrogens is 396 g/mol. The first kappa shape index (κ1) is 24.0. The van der Waals surface area contributed by atoms with Crippen molar-refractivity contribution in [2.75, 3.05) is 0 Å². The SMILES string of the molecule is CCCCc1ccc(O)c(C=NC2CCCC(N=Cc3cc(CCCC)ccc3O)C2)c1. The Morgan fingerprint density at radius 3 is 1.69 bits per heavy atom. The highest BCUT2D eigenvalue weighted by Gasteiger charge is 2.20. The fourth-order valence-corrected chi connectivity index (χ4v) is 4.27. The van der Waals surface area contributed by atoms with Crippen molar-refractivity contribution in [3.63, 3.8) is 0 Å². The topological polar surface area (TPSA) is 65.2 Å². The van der Waals surface area contributed by atoms with Crippen LogP contribution in [0.2, 0.25) is 0 Å². The maximum atomic E-state index is 10.2. The number of aliphatic imine (C=N–C) groups is 2. The zero-order chi connectivity index (χ0) is 22.8. The lowest BCUT2D eigenvalue weighted by Crippen LogP contribution is -2.21. The van der Waals surface area contributed by atoms with Crippen LogP contribution in [0.15, 0.2) is 46.4 Å². The number of phenols is 2. The minimum absolute atomic E-state index is 0.217. The van der Waals surface area contributed by atoms with Gasteiger partial charge >= 0.3 is 0 Å². The second-order valence-electron chi connectivity index (χ2n) is 9.02. The lowest BCUT2D eigenvalue weighted by Gasteiger charge is -2.24. The first-order valence-corrected chi connectivity index (χ1v) is 12.3. The Morgan fingerprint density at radius 2 is 1.25 bits per heavy atom. The summed E-state index contributed by atoms with van der Waals surface area (Å²) in [5.41, 5.74) is 4.10. The molecule has 1 saturated carbocycles. The number of unbranched alkanes of at least 4 members (excludes halogenated alkanes) is 2. The van der Waals surface area contributed by atoms with Gasteiger partial charge in [0.2, 0.25) is 0 Å². The van der Waals surface area contributed by atoms with Crippen molar-refractivity contribution < 1.29 is 10.2 Å². The van der Waals surface area contributed by atoms with Crippen molar-refractivity contribution in [2.45, 2.75) is 90.1 Å². The summed E-state index contributed by atoms with van der Waals surface area (Å²) in [5.74, 6) is 0.579. The molecule has 3 rings (SSSR count). The van der Waals surface area contributed by atoms with Gasteiger partial charge in [-0.1, -0.05) is 38.8 Å². The smallest absolute Gasteiger partial charge is 0.124 e. The van der Waals surface area contributed by atoms with Crippen molar-refractivity contribution >= 4 is 12.4 Å². The summed E-state index contributed by atoms with van der Waals surface area (Å²) in [6, 6.07) is 12.1. The number of aryl methyl sites for hydroxylation is 2. The quantitative estimate of drug-likeness (QED) is 0.412. The summed E-state index contributed by atoms with van der Waals surface area (Å²) in [4.78, 5) is 9.60. The van der Waals surface area contributed by atoms with Crippen molar-refractivity contribution in [1.82, 2.24) is 0 Å². The van der Waals surface area contributed by atoms with Crippen LogP contribution < -0.4 is 0 Å². The summed E-state index contributed by atoms with van der Waals surface area (Å²) in [5, 5.41) is 20.4. The maximum absolute atomic E-state index is 10.2. The molecule has 1 aliphatic rings. The molecule has 4 heteroatoms. The van der Waals surface area contributed by atoms with E-state index in [1.54, 1.807) is 12.1 Å². The molecule has 0 heterocycles. The Balaban J connectivity index is 1.62. The lowest BCUT2D eigenvalue weighted by atomic mass is 9.91. The van der Waals surface area contributed by atoms with Gasteiger partial charge in [0.1, 0.15) is 11.5 Å². The van der Waals surface area contributed by atoms with E-state index in [-0.39, 0.29) is 23.6 Å². The predicted molar refractivity (Wildman–Crippen MR) is 135 cm³/mol. The van der Waals surface area contributed by atoms with Crippen LogP contribution in [0.1, 0.15) is 87.5 Å². The predicted octanol–water partition coefficient (Wildman–Crippen LogP) is 6.63. The highest BCUT2D eigenvalue weighted by molar-refractivity contribution is 5.84. The van der Waals surface area contributed by atoms with E-state index in [9.17, 15) is 10.2 Å². The zero-order valence-corrected chi connectivity index (χ0v) is 19.6. The van der Waals surface area contributed by atoms with Gasteiger partial charge in [-0.2, -0.15) is 0 Å². The average Bonchev–Trinajstić information content (AvgIpc) is 2.81. The number of nitrogens with zero attached hydrogens (tertiary/aromatic N) is 2. The highest BCUT2D eigenvalue weighted by atomic mass is 16.3. The third-order valence-electron chi connectivity index (χ3n) is 6.29. The third-order valence-corrected chi connectivity index (χ3v) is 6.29. The van der Waals surface area contributed by atoms with Gasteiger partial charge in [-0.15, -0.1) is 0 Å². The van der Waals surface area contributed by atoms with Crippen molar-refractivity contribution in [1.29, 1.82) is 0 Å². The summed E-state index contributed by atoms with van der Waals surface area (Å²) in [7, 11) is 0. The lowest BCUT2D eigenvalue weighted by molar-refractivity contribution is 0.397. The largest absolute Gasteiger partial charge is 0.507 e. The number of rotatable bonds is 10. The van der Waals surface area contributed by atoms with Gasteiger partial charge < -0.3 is 10.2 Å². The molecule has 1 fully saturated rings. The normalized spacial score (nSPS) is 19.2. The van der Waals surface area contributed by atoms with Gasteiger partial charge in [0, 0.05) is 23.6 Å². The summed E-state index contributed by atoms with van der Waals surface area (Å²) in [6.07, 6.45) is 14.5. The fraction of sp³-hybridized carbons (Fsp3) is 0.500. The fourth-order valence-electron chi connectivity index (χ4n) is 4.27. The molecule has 172 valence electrons. The van der Waals surface area contributed by atoms with Gasteiger partial charge in [0.05, 0.1) is 12.1 Å². The minimum atomic E-state index is 0.217. The van der Waals surface area contributed by atoms with Crippen molar-refractivity contribution in [3.8, 4) is 11.5 Å². The Morgan fingerprint density at radius 1 is 0.781 bits per heavy atom. The molecule has 32 heavy (non-hydrogen) atoms. The Labute approximate surface area is 193 Å². The second-order valence-corrected chi connectivity index (χ2v) is 9.02. The van der Waals surface area contributed by atoms with Gasteiger partial charge in [0.15, 0.2) is 0 Å². The molecule has 2 aromatic rings. The monoisotopic (exact) mass is 434 g/mol. The first-order chi connectivity index (χ1) is 15.6. The van der Waals surface area contributed by atoms with Crippen LogP contribution in [0.5, 0.6) is 11.5 Å². The van der Waals surface area contributed by atoms with Gasteiger partial charge in [0.25, 0.3) is 0 Å². The van der Waals surface area contributed by atoms with Crippen LogP contribution in [-0.2, 0) is 12.8 Å². The van der Waals surface area contributed by atoms with E-state index in [4.69, 9.17) is 9.98 Å². The van der Waals surface area contributed by atoms with Gasteiger partial charge in [-0.05, 0) is 86.8 Å². The van der Waals surface area contributed by atoms with E-state index in [1.165, 1.54) is 11.1 Å². The molecule has 0 bridgehead atoms. The molecule has 2 N–H and O–H groups in total. The number of phenolic OH excluding ortho intramolecular Hbond substituents is 2. The van der Waals surface area contributed by atoms with Crippen molar-refractivity contribution in [3.05, 3.63) is 58.7 Å². The molecule has 0 radical (unpaired) electrons. The van der Waals surface area contributed by atoms with Gasteiger partial charge in [-0.25, -0.2) is 0 Å². The molecule has 4 nitrogen and oxygen atoms in total. The standard InChI is InChI=1S/C28H38N2O2/c1-3-5-8-21-12-14-27(31)23(16-21)19-29-25-10-7-11-26(18-25)30-20-24-17-22(9-6-4-2)13-15-28(24)32/h12-17,19-20,25-26,31-32H,3-11,18H2,1-2H3. The minimum Gasteiger partial charge on any atom is -0.507 e. The molecular formula is C28H38N2O2. The van der Waals surface area contributed by atoms with E-state index in [1.807, 2.05) is 24.6 Å². The molecule has 0 saturated heterocycles. The molecule has 2 aromatic carbocycles. The van der Waals surface area contributed by atoms with Crippen LogP contribution in [0.3, 0.4) is 0 Å². The van der Waals surface area contributed by atoms with Crippen LogP contribution in [0.4, 0.5) is 0 Å². The van der Waals surface area contributed by atoms with E-state index in [0.29, 0.717) is 0 Å². The number of hydrogen-bond acceptors (Lipinski definition) is 4. The first-order valence-electron chi connectivity index (χ1n) is 12.3. The van der Waals surface area contributed by atoms with Crippen molar-refractivity contribution in [2.24, 2.45) is 9.98 Å². The van der Waals surface area contributed by atoms with E-state index in [0.717, 1.165) is 75.3 Å². The molecule has 2 unspecified atom stereocenters. The van der Waals surface area contributed by atoms with E-state index < -0.39 is 0 Å². The van der Waals surface area contributed by atoms with Crippen LogP contribution in [0, 0.1) is 0 Å². The summed E-state index contributed by atoms with van der Waals surface area (Å²) < 4.78 is 0. The molecule has 0 spiro atoms. The molecule has 0 aromatic heterocycles.